The maximum Gasteiger partial charge on any atom is 0.173 e. The van der Waals surface area contributed by atoms with Gasteiger partial charge in [0.2, 0.25) is 0 Å². The molecule has 0 amide bonds. The Morgan fingerprint density at radius 3 is 2.53 bits per heavy atom. The van der Waals surface area contributed by atoms with Crippen LogP contribution in [0, 0.1) is 0 Å². The minimum Gasteiger partial charge on any atom is -0.376 e. The fourth-order valence-electron chi connectivity index (χ4n) is 4.74. The van der Waals surface area contributed by atoms with Gasteiger partial charge >= 0.3 is 0 Å². The number of aromatic nitrogens is 4. The van der Waals surface area contributed by atoms with Crippen LogP contribution >= 0.6 is 11.6 Å². The van der Waals surface area contributed by atoms with Gasteiger partial charge in [-0.05, 0) is 40.5 Å². The lowest BCUT2D eigenvalue weighted by molar-refractivity contribution is 0.0842. The average Bonchev–Trinajstić information content (AvgIpc) is 3.50. The Bertz CT molecular complexity index is 998. The van der Waals surface area contributed by atoms with E-state index in [4.69, 9.17) is 16.3 Å². The summed E-state index contributed by atoms with van der Waals surface area (Å²) in [4.78, 5) is 4.96. The van der Waals surface area contributed by atoms with E-state index in [2.05, 4.69) is 61.7 Å². The van der Waals surface area contributed by atoms with Gasteiger partial charge in [0.1, 0.15) is 0 Å². The van der Waals surface area contributed by atoms with E-state index in [1.165, 1.54) is 5.56 Å². The summed E-state index contributed by atoms with van der Waals surface area (Å²) in [5.41, 5.74) is 2.40. The number of rotatable bonds is 7. The predicted molar refractivity (Wildman–Crippen MR) is 123 cm³/mol. The number of tetrazole rings is 1. The van der Waals surface area contributed by atoms with Crippen molar-refractivity contribution in [1.29, 1.82) is 0 Å². The molecule has 0 radical (unpaired) electrons. The molecule has 0 aliphatic carbocycles. The lowest BCUT2D eigenvalue weighted by Crippen LogP contribution is -2.48. The van der Waals surface area contributed by atoms with Crippen molar-refractivity contribution in [3.8, 4) is 0 Å². The Morgan fingerprint density at radius 1 is 1.00 bits per heavy atom. The zero-order chi connectivity index (χ0) is 21.8. The van der Waals surface area contributed by atoms with Crippen molar-refractivity contribution >= 4 is 11.6 Å². The van der Waals surface area contributed by atoms with Crippen molar-refractivity contribution in [2.75, 3.05) is 32.8 Å². The van der Waals surface area contributed by atoms with Crippen LogP contribution < -0.4 is 0 Å². The van der Waals surface area contributed by atoms with Gasteiger partial charge < -0.3 is 4.74 Å². The van der Waals surface area contributed by atoms with Crippen LogP contribution in [-0.2, 0) is 17.8 Å². The number of hydrogen-bond donors (Lipinski definition) is 0. The molecule has 0 spiro atoms. The molecule has 2 aliphatic heterocycles. The van der Waals surface area contributed by atoms with Gasteiger partial charge in [-0.2, -0.15) is 0 Å². The summed E-state index contributed by atoms with van der Waals surface area (Å²) in [7, 11) is 0. The van der Waals surface area contributed by atoms with Crippen molar-refractivity contribution < 1.29 is 4.74 Å². The van der Waals surface area contributed by atoms with Gasteiger partial charge in [-0.3, -0.25) is 9.80 Å². The number of halogens is 1. The molecule has 3 heterocycles. The standard InChI is InChI=1S/C24H29ClN6O/c25-22-11-5-4-10-21(22)23(24-26-27-28-31(24)18-20-9-6-16-32-20)30-14-12-29(13-15-30)17-19-7-2-1-3-8-19/h1-5,7-8,10-11,20,23H,6,9,12-18H2/t20-,23-/m0/s1. The minimum atomic E-state index is -0.0843. The normalized spacial score (nSPS) is 21.1. The maximum absolute atomic E-state index is 6.67. The first-order chi connectivity index (χ1) is 15.8. The van der Waals surface area contributed by atoms with Crippen molar-refractivity contribution in [3.63, 3.8) is 0 Å². The van der Waals surface area contributed by atoms with Crippen LogP contribution in [0.3, 0.4) is 0 Å². The molecule has 32 heavy (non-hydrogen) atoms. The SMILES string of the molecule is Clc1ccccc1[C@@H](c1nnnn1C[C@@H]1CCCO1)N1CCN(Cc2ccccc2)CC1. The highest BCUT2D eigenvalue weighted by Crippen LogP contribution is 2.33. The summed E-state index contributed by atoms with van der Waals surface area (Å²) in [5.74, 6) is 0.838. The smallest absolute Gasteiger partial charge is 0.173 e. The largest absolute Gasteiger partial charge is 0.376 e. The first-order valence-electron chi connectivity index (χ1n) is 11.4. The molecular weight excluding hydrogens is 424 g/mol. The second kappa shape index (κ2) is 10.1. The van der Waals surface area contributed by atoms with Crippen LogP contribution in [0.25, 0.3) is 0 Å². The Labute approximate surface area is 193 Å². The predicted octanol–water partition coefficient (Wildman–Crippen LogP) is 3.41. The fourth-order valence-corrected chi connectivity index (χ4v) is 4.97. The Hall–Kier alpha value is -2.32. The molecule has 2 atom stereocenters. The molecule has 3 aromatic rings. The lowest BCUT2D eigenvalue weighted by atomic mass is 10.0. The molecule has 2 aromatic carbocycles. The third-order valence-corrected chi connectivity index (χ3v) is 6.77. The quantitative estimate of drug-likeness (QED) is 0.547. The summed E-state index contributed by atoms with van der Waals surface area (Å²) in [5, 5.41) is 13.6. The third kappa shape index (κ3) is 4.86. The molecule has 0 bridgehead atoms. The van der Waals surface area contributed by atoms with E-state index >= 15 is 0 Å². The van der Waals surface area contributed by atoms with Crippen molar-refractivity contribution in [1.82, 2.24) is 30.0 Å². The van der Waals surface area contributed by atoms with E-state index in [0.717, 1.165) is 68.6 Å². The Morgan fingerprint density at radius 2 is 1.78 bits per heavy atom. The van der Waals surface area contributed by atoms with Crippen molar-refractivity contribution in [2.24, 2.45) is 0 Å². The third-order valence-electron chi connectivity index (χ3n) is 6.43. The molecule has 1 aromatic heterocycles. The second-order valence-electron chi connectivity index (χ2n) is 8.58. The molecule has 2 aliphatic rings. The molecule has 0 N–H and O–H groups in total. The summed E-state index contributed by atoms with van der Waals surface area (Å²) in [6.07, 6.45) is 2.32. The summed E-state index contributed by atoms with van der Waals surface area (Å²) >= 11 is 6.67. The molecule has 0 saturated carbocycles. The number of hydrogen-bond acceptors (Lipinski definition) is 6. The van der Waals surface area contributed by atoms with Gasteiger partial charge in [-0.15, -0.1) is 5.10 Å². The van der Waals surface area contributed by atoms with E-state index in [-0.39, 0.29) is 12.1 Å². The highest BCUT2D eigenvalue weighted by atomic mass is 35.5. The first kappa shape index (κ1) is 21.5. The van der Waals surface area contributed by atoms with Gasteiger partial charge in [0.05, 0.1) is 18.7 Å². The first-order valence-corrected chi connectivity index (χ1v) is 11.8. The highest BCUT2D eigenvalue weighted by Gasteiger charge is 2.32. The van der Waals surface area contributed by atoms with Crippen LogP contribution in [0.15, 0.2) is 54.6 Å². The monoisotopic (exact) mass is 452 g/mol. The average molecular weight is 453 g/mol. The van der Waals surface area contributed by atoms with Crippen molar-refractivity contribution in [3.05, 3.63) is 76.6 Å². The van der Waals surface area contributed by atoms with E-state index in [9.17, 15) is 0 Å². The van der Waals surface area contributed by atoms with E-state index in [1.54, 1.807) is 0 Å². The zero-order valence-electron chi connectivity index (χ0n) is 18.2. The fraction of sp³-hybridized carbons (Fsp3) is 0.458. The molecule has 2 fully saturated rings. The Kier molecular flexibility index (Phi) is 6.78. The lowest BCUT2D eigenvalue weighted by Gasteiger charge is -2.39. The van der Waals surface area contributed by atoms with Crippen LogP contribution in [-0.4, -0.2) is 68.9 Å². The molecular formula is C24H29ClN6O. The maximum atomic E-state index is 6.67. The molecule has 5 rings (SSSR count). The van der Waals surface area contributed by atoms with Crippen LogP contribution in [0.5, 0.6) is 0 Å². The van der Waals surface area contributed by atoms with E-state index in [1.807, 2.05) is 22.9 Å². The van der Waals surface area contributed by atoms with Crippen LogP contribution in [0.4, 0.5) is 0 Å². The second-order valence-corrected chi connectivity index (χ2v) is 8.98. The number of benzene rings is 2. The summed E-state index contributed by atoms with van der Waals surface area (Å²) < 4.78 is 7.76. The Balaban J connectivity index is 1.36. The zero-order valence-corrected chi connectivity index (χ0v) is 18.9. The van der Waals surface area contributed by atoms with Crippen LogP contribution in [0.1, 0.15) is 35.8 Å². The van der Waals surface area contributed by atoms with Crippen molar-refractivity contribution in [2.45, 2.75) is 38.1 Å². The number of ether oxygens (including phenoxy) is 1. The molecule has 2 saturated heterocycles. The van der Waals surface area contributed by atoms with Gasteiger partial charge in [-0.1, -0.05) is 60.1 Å². The molecule has 0 unspecified atom stereocenters. The van der Waals surface area contributed by atoms with E-state index < -0.39 is 0 Å². The van der Waals surface area contributed by atoms with Crippen LogP contribution in [0.2, 0.25) is 5.02 Å². The van der Waals surface area contributed by atoms with Gasteiger partial charge in [0.25, 0.3) is 0 Å². The number of nitrogens with zero attached hydrogens (tertiary/aromatic N) is 6. The molecule has 168 valence electrons. The molecule has 7 nitrogen and oxygen atoms in total. The van der Waals surface area contributed by atoms with Gasteiger partial charge in [0.15, 0.2) is 5.82 Å². The highest BCUT2D eigenvalue weighted by molar-refractivity contribution is 6.31. The summed E-state index contributed by atoms with van der Waals surface area (Å²) in [6, 6.07) is 18.6. The van der Waals surface area contributed by atoms with Gasteiger partial charge in [-0.25, -0.2) is 4.68 Å². The van der Waals surface area contributed by atoms with E-state index in [0.29, 0.717) is 6.54 Å². The topological polar surface area (TPSA) is 59.3 Å². The van der Waals surface area contributed by atoms with Gasteiger partial charge in [0, 0.05) is 44.4 Å². The minimum absolute atomic E-state index is 0.0843. The summed E-state index contributed by atoms with van der Waals surface area (Å²) in [6.45, 7) is 6.30. The number of piperazine rings is 1. The molecule has 8 heteroatoms.